The van der Waals surface area contributed by atoms with Crippen LogP contribution in [-0.2, 0) is 26.8 Å². The zero-order valence-electron chi connectivity index (χ0n) is 20.2. The first kappa shape index (κ1) is 23.6. The first-order valence-corrected chi connectivity index (χ1v) is 12.3. The van der Waals surface area contributed by atoms with Gasteiger partial charge in [-0.05, 0) is 71.0 Å². The third kappa shape index (κ3) is 4.45. The van der Waals surface area contributed by atoms with Gasteiger partial charge in [-0.15, -0.1) is 0 Å². The maximum absolute atomic E-state index is 13.0. The van der Waals surface area contributed by atoms with Crippen LogP contribution in [0.3, 0.4) is 0 Å². The Kier molecular flexibility index (Phi) is 5.94. The second-order valence-electron chi connectivity index (χ2n) is 10.6. The molecule has 1 unspecified atom stereocenters. The Bertz CT molecular complexity index is 1150. The SMILES string of the molecule is CC(=O)Nc1cccc(CC2C(=O)SC(=O)N2c2cc3c(cc2C)C(C)(C)CCC3(C)C)c1. The van der Waals surface area contributed by atoms with Crippen LogP contribution in [0.15, 0.2) is 36.4 Å². The second kappa shape index (κ2) is 8.32. The Labute approximate surface area is 200 Å². The van der Waals surface area contributed by atoms with Crippen LogP contribution in [0.5, 0.6) is 0 Å². The molecule has 33 heavy (non-hydrogen) atoms. The highest BCUT2D eigenvalue weighted by Crippen LogP contribution is 2.48. The molecule has 1 atom stereocenters. The predicted octanol–water partition coefficient (Wildman–Crippen LogP) is 6.11. The van der Waals surface area contributed by atoms with E-state index in [1.165, 1.54) is 18.1 Å². The zero-order chi connectivity index (χ0) is 24.1. The monoisotopic (exact) mass is 464 g/mol. The van der Waals surface area contributed by atoms with Crippen molar-refractivity contribution in [2.75, 3.05) is 10.2 Å². The van der Waals surface area contributed by atoms with Gasteiger partial charge in [-0.3, -0.25) is 19.3 Å². The number of anilines is 2. The molecule has 0 aromatic heterocycles. The van der Waals surface area contributed by atoms with Crippen molar-refractivity contribution in [2.45, 2.75) is 77.7 Å². The number of thioether (sulfide) groups is 1. The number of amides is 2. The van der Waals surface area contributed by atoms with Crippen molar-refractivity contribution in [3.63, 3.8) is 0 Å². The van der Waals surface area contributed by atoms with Crippen LogP contribution in [0.1, 0.15) is 69.7 Å². The van der Waals surface area contributed by atoms with E-state index in [1.54, 1.807) is 4.90 Å². The van der Waals surface area contributed by atoms with E-state index in [0.29, 0.717) is 12.1 Å². The number of fused-ring (bicyclic) bond motifs is 1. The highest BCUT2D eigenvalue weighted by atomic mass is 32.2. The largest absolute Gasteiger partial charge is 0.326 e. The highest BCUT2D eigenvalue weighted by Gasteiger charge is 2.43. The average Bonchev–Trinajstić information content (AvgIpc) is 2.98. The van der Waals surface area contributed by atoms with Gasteiger partial charge in [0.05, 0.1) is 0 Å². The minimum atomic E-state index is -0.577. The summed E-state index contributed by atoms with van der Waals surface area (Å²) in [6.45, 7) is 12.6. The van der Waals surface area contributed by atoms with E-state index in [0.717, 1.165) is 41.4 Å². The smallest absolute Gasteiger partial charge is 0.294 e. The summed E-state index contributed by atoms with van der Waals surface area (Å²) < 4.78 is 0. The standard InChI is InChI=1S/C27H32N2O3S/c1-16-12-20-21(27(5,6)11-10-26(20,3)4)15-22(16)29-23(24(31)33-25(29)32)14-18-8-7-9-19(13-18)28-17(2)30/h7-9,12-13,15,23H,10-11,14H2,1-6H3,(H,28,30). The Balaban J connectivity index is 1.74. The number of hydrogen-bond donors (Lipinski definition) is 1. The topological polar surface area (TPSA) is 66.5 Å². The third-order valence-electron chi connectivity index (χ3n) is 7.07. The lowest BCUT2D eigenvalue weighted by Gasteiger charge is -2.43. The first-order valence-electron chi connectivity index (χ1n) is 11.5. The molecule has 4 rings (SSSR count). The van der Waals surface area contributed by atoms with Crippen LogP contribution >= 0.6 is 11.8 Å². The van der Waals surface area contributed by atoms with Gasteiger partial charge in [0.25, 0.3) is 5.24 Å². The maximum atomic E-state index is 13.0. The fraction of sp³-hybridized carbons (Fsp3) is 0.444. The molecule has 5 nitrogen and oxygen atoms in total. The summed E-state index contributed by atoms with van der Waals surface area (Å²) in [4.78, 5) is 39.0. The van der Waals surface area contributed by atoms with Crippen molar-refractivity contribution >= 4 is 39.4 Å². The van der Waals surface area contributed by atoms with Crippen molar-refractivity contribution in [1.29, 1.82) is 0 Å². The number of carbonyl (C=O) groups is 3. The van der Waals surface area contributed by atoms with Gasteiger partial charge in [-0.1, -0.05) is 45.9 Å². The van der Waals surface area contributed by atoms with Gasteiger partial charge < -0.3 is 5.32 Å². The molecular weight excluding hydrogens is 432 g/mol. The molecule has 1 aliphatic carbocycles. The molecule has 2 aliphatic rings. The van der Waals surface area contributed by atoms with Gasteiger partial charge in [-0.2, -0.15) is 0 Å². The molecule has 1 aliphatic heterocycles. The molecule has 0 spiro atoms. The molecule has 6 heteroatoms. The van der Waals surface area contributed by atoms with Crippen molar-refractivity contribution in [3.05, 3.63) is 58.7 Å². The van der Waals surface area contributed by atoms with E-state index in [2.05, 4.69) is 45.1 Å². The lowest BCUT2D eigenvalue weighted by Crippen LogP contribution is -2.39. The Morgan fingerprint density at radius 3 is 2.33 bits per heavy atom. The summed E-state index contributed by atoms with van der Waals surface area (Å²) in [6, 6.07) is 11.3. The minimum absolute atomic E-state index is 0.00934. The molecule has 0 saturated carbocycles. The zero-order valence-corrected chi connectivity index (χ0v) is 21.1. The number of rotatable bonds is 4. The lowest BCUT2D eigenvalue weighted by molar-refractivity contribution is -0.114. The number of hydrogen-bond acceptors (Lipinski definition) is 4. The lowest BCUT2D eigenvalue weighted by atomic mass is 9.63. The summed E-state index contributed by atoms with van der Waals surface area (Å²) in [5.74, 6) is -0.147. The molecule has 1 N–H and O–H groups in total. The molecule has 0 bridgehead atoms. The predicted molar refractivity (Wildman–Crippen MR) is 135 cm³/mol. The molecule has 1 saturated heterocycles. The number of aryl methyl sites for hydroxylation is 1. The fourth-order valence-corrected chi connectivity index (χ4v) is 5.87. The molecular formula is C27H32N2O3S. The van der Waals surface area contributed by atoms with Crippen LogP contribution < -0.4 is 10.2 Å². The molecule has 1 heterocycles. The average molecular weight is 465 g/mol. The summed E-state index contributed by atoms with van der Waals surface area (Å²) in [7, 11) is 0. The third-order valence-corrected chi connectivity index (χ3v) is 7.92. The van der Waals surface area contributed by atoms with E-state index in [-0.39, 0.29) is 27.1 Å². The number of carbonyl (C=O) groups excluding carboxylic acids is 3. The quantitative estimate of drug-likeness (QED) is 0.592. The number of nitrogens with one attached hydrogen (secondary N) is 1. The fourth-order valence-electron chi connectivity index (χ4n) is 5.05. The second-order valence-corrected chi connectivity index (χ2v) is 11.6. The van der Waals surface area contributed by atoms with Gasteiger partial charge in [0.15, 0.2) is 0 Å². The molecule has 2 aromatic carbocycles. The van der Waals surface area contributed by atoms with E-state index in [4.69, 9.17) is 0 Å². The molecule has 174 valence electrons. The number of nitrogens with zero attached hydrogens (tertiary/aromatic N) is 1. The van der Waals surface area contributed by atoms with Crippen molar-refractivity contribution in [2.24, 2.45) is 0 Å². The van der Waals surface area contributed by atoms with E-state index >= 15 is 0 Å². The van der Waals surface area contributed by atoms with Crippen LogP contribution in [0.4, 0.5) is 16.2 Å². The molecule has 2 amide bonds. The van der Waals surface area contributed by atoms with Gasteiger partial charge in [0.1, 0.15) is 6.04 Å². The van der Waals surface area contributed by atoms with Crippen molar-refractivity contribution in [1.82, 2.24) is 0 Å². The van der Waals surface area contributed by atoms with Crippen molar-refractivity contribution in [3.8, 4) is 0 Å². The van der Waals surface area contributed by atoms with Gasteiger partial charge in [-0.25, -0.2) is 0 Å². The van der Waals surface area contributed by atoms with Gasteiger partial charge >= 0.3 is 0 Å². The van der Waals surface area contributed by atoms with Crippen molar-refractivity contribution < 1.29 is 14.4 Å². The summed E-state index contributed by atoms with van der Waals surface area (Å²) in [5, 5.41) is 2.42. The molecule has 2 aromatic rings. The molecule has 1 fully saturated rings. The van der Waals surface area contributed by atoms with Crippen LogP contribution in [0.2, 0.25) is 0 Å². The van der Waals surface area contributed by atoms with Crippen LogP contribution in [0, 0.1) is 6.92 Å². The van der Waals surface area contributed by atoms with Crippen LogP contribution in [0.25, 0.3) is 0 Å². The van der Waals surface area contributed by atoms with E-state index in [9.17, 15) is 14.4 Å². The normalized spacial score (nSPS) is 21.2. The molecule has 0 radical (unpaired) electrons. The number of benzene rings is 2. The Morgan fingerprint density at radius 2 is 1.70 bits per heavy atom. The summed E-state index contributed by atoms with van der Waals surface area (Å²) in [5.41, 5.74) is 6.12. The summed E-state index contributed by atoms with van der Waals surface area (Å²) in [6.07, 6.45) is 2.60. The summed E-state index contributed by atoms with van der Waals surface area (Å²) >= 11 is 0.790. The van der Waals surface area contributed by atoms with E-state index in [1.807, 2.05) is 31.2 Å². The maximum Gasteiger partial charge on any atom is 0.294 e. The Morgan fingerprint density at radius 1 is 1.06 bits per heavy atom. The minimum Gasteiger partial charge on any atom is -0.326 e. The van der Waals surface area contributed by atoms with Gasteiger partial charge in [0, 0.05) is 36.5 Å². The highest BCUT2D eigenvalue weighted by molar-refractivity contribution is 8.27. The van der Waals surface area contributed by atoms with Gasteiger partial charge in [0.2, 0.25) is 11.0 Å². The van der Waals surface area contributed by atoms with E-state index < -0.39 is 6.04 Å². The first-order chi connectivity index (χ1) is 15.4. The van der Waals surface area contributed by atoms with Crippen LogP contribution in [-0.4, -0.2) is 22.3 Å². The Hall–Kier alpha value is -2.60.